The zero-order chi connectivity index (χ0) is 17.2. The van der Waals surface area contributed by atoms with E-state index in [1.54, 1.807) is 0 Å². The molecule has 1 saturated carbocycles. The summed E-state index contributed by atoms with van der Waals surface area (Å²) in [4.78, 5) is 24.2. The van der Waals surface area contributed by atoms with Crippen molar-refractivity contribution < 1.29 is 4.79 Å². The molecule has 1 amide bonds. The molecule has 0 unspecified atom stereocenters. The van der Waals surface area contributed by atoms with Gasteiger partial charge in [-0.2, -0.15) is 0 Å². The fourth-order valence-corrected chi connectivity index (χ4v) is 4.45. The minimum absolute atomic E-state index is 0.101. The molecule has 1 aliphatic carbocycles. The van der Waals surface area contributed by atoms with Gasteiger partial charge in [-0.1, -0.05) is 30.8 Å². The number of nitrogens with one attached hydrogen (secondary N) is 1. The van der Waals surface area contributed by atoms with Crippen molar-refractivity contribution in [2.75, 3.05) is 23.7 Å². The van der Waals surface area contributed by atoms with E-state index >= 15 is 0 Å². The zero-order valence-electron chi connectivity index (χ0n) is 14.6. The molecule has 0 spiro atoms. The molecule has 2 fully saturated rings. The fourth-order valence-electron chi connectivity index (χ4n) is 3.63. The summed E-state index contributed by atoms with van der Waals surface area (Å²) in [5.74, 6) is 2.18. The van der Waals surface area contributed by atoms with Crippen LogP contribution >= 0.6 is 11.8 Å². The van der Waals surface area contributed by atoms with E-state index in [2.05, 4.69) is 17.1 Å². The van der Waals surface area contributed by atoms with E-state index in [1.807, 2.05) is 24.3 Å². The number of carbonyl (C=O) groups excluding carboxylic acids is 1. The molecule has 5 nitrogen and oxygen atoms in total. The van der Waals surface area contributed by atoms with Gasteiger partial charge in [0.25, 0.3) is 0 Å². The molecule has 0 atom stereocenters. The lowest BCUT2D eigenvalue weighted by atomic mass is 9.82. The number of aromatic nitrogens is 2. The maximum atomic E-state index is 12.2. The number of benzene rings is 1. The Morgan fingerprint density at radius 1 is 1.20 bits per heavy atom. The number of anilines is 1. The molecular weight excluding hydrogens is 332 g/mol. The van der Waals surface area contributed by atoms with Gasteiger partial charge in [0.1, 0.15) is 5.03 Å². The number of rotatable bonds is 5. The molecular formula is C19H24N4OS. The topological polar surface area (TPSA) is 58.1 Å². The molecule has 1 aromatic heterocycles. The van der Waals surface area contributed by atoms with Gasteiger partial charge < -0.3 is 10.2 Å². The molecule has 2 aromatic rings. The number of hydrogen-bond acceptors (Lipinski definition) is 5. The van der Waals surface area contributed by atoms with Crippen molar-refractivity contribution in [3.8, 4) is 0 Å². The van der Waals surface area contributed by atoms with E-state index in [0.717, 1.165) is 53.7 Å². The van der Waals surface area contributed by atoms with Gasteiger partial charge >= 0.3 is 0 Å². The van der Waals surface area contributed by atoms with Gasteiger partial charge in [0.2, 0.25) is 5.91 Å². The molecule has 4 rings (SSSR count). The van der Waals surface area contributed by atoms with Crippen LogP contribution in [0.2, 0.25) is 0 Å². The van der Waals surface area contributed by atoms with Gasteiger partial charge in [-0.15, -0.1) is 0 Å². The van der Waals surface area contributed by atoms with Crippen molar-refractivity contribution in [3.63, 3.8) is 0 Å². The number of thioether (sulfide) groups is 1. The first-order valence-corrected chi connectivity index (χ1v) is 10.1. The normalized spacial score (nSPS) is 22.8. The van der Waals surface area contributed by atoms with Crippen molar-refractivity contribution in [3.05, 3.63) is 24.3 Å². The predicted octanol–water partition coefficient (Wildman–Crippen LogP) is 3.24. The van der Waals surface area contributed by atoms with E-state index in [1.165, 1.54) is 24.6 Å². The van der Waals surface area contributed by atoms with Crippen molar-refractivity contribution >= 4 is 34.5 Å². The minimum atomic E-state index is 0.101. The van der Waals surface area contributed by atoms with Gasteiger partial charge in [0, 0.05) is 19.1 Å². The summed E-state index contributed by atoms with van der Waals surface area (Å²) < 4.78 is 0. The standard InChI is InChI=1S/C19H24N4OS/c1-13-10-14(11-13)20-17(24)12-25-19-18(23-8-4-5-9-23)21-15-6-2-3-7-16(15)22-19/h2-3,6-7,13-14H,4-5,8-12H2,1H3,(H,20,24). The lowest BCUT2D eigenvalue weighted by molar-refractivity contribution is -0.120. The van der Waals surface area contributed by atoms with E-state index in [9.17, 15) is 4.79 Å². The average molecular weight is 356 g/mol. The van der Waals surface area contributed by atoms with Crippen LogP contribution in [0.5, 0.6) is 0 Å². The largest absolute Gasteiger partial charge is 0.354 e. The molecule has 6 heteroatoms. The Bertz CT molecular complexity index is 769. The van der Waals surface area contributed by atoms with Crippen LogP contribution in [0, 0.1) is 5.92 Å². The Kier molecular flexibility index (Phi) is 4.79. The van der Waals surface area contributed by atoms with E-state index < -0.39 is 0 Å². The summed E-state index contributed by atoms with van der Waals surface area (Å²) in [6.45, 7) is 4.27. The van der Waals surface area contributed by atoms with Crippen molar-refractivity contribution in [2.45, 2.75) is 43.7 Å². The molecule has 1 aromatic carbocycles. The first-order chi connectivity index (χ1) is 12.2. The second-order valence-electron chi connectivity index (χ2n) is 7.16. The summed E-state index contributed by atoms with van der Waals surface area (Å²) in [6, 6.07) is 8.32. The highest BCUT2D eigenvalue weighted by molar-refractivity contribution is 8.00. The highest BCUT2D eigenvalue weighted by atomic mass is 32.2. The van der Waals surface area contributed by atoms with Crippen LogP contribution in [-0.2, 0) is 4.79 Å². The monoisotopic (exact) mass is 356 g/mol. The summed E-state index contributed by atoms with van der Waals surface area (Å²) in [6.07, 6.45) is 4.59. The van der Waals surface area contributed by atoms with Gasteiger partial charge in [-0.25, -0.2) is 9.97 Å². The summed E-state index contributed by atoms with van der Waals surface area (Å²) >= 11 is 1.51. The number of amides is 1. The number of fused-ring (bicyclic) bond motifs is 1. The molecule has 0 radical (unpaired) electrons. The molecule has 2 aliphatic rings. The van der Waals surface area contributed by atoms with Gasteiger partial charge in [-0.3, -0.25) is 4.79 Å². The van der Waals surface area contributed by atoms with Crippen LogP contribution in [0.3, 0.4) is 0 Å². The number of carbonyl (C=O) groups is 1. The second-order valence-corrected chi connectivity index (χ2v) is 8.13. The van der Waals surface area contributed by atoms with Crippen molar-refractivity contribution in [1.29, 1.82) is 0 Å². The lowest BCUT2D eigenvalue weighted by Crippen LogP contribution is -2.44. The van der Waals surface area contributed by atoms with E-state index in [-0.39, 0.29) is 5.91 Å². The molecule has 2 heterocycles. The SMILES string of the molecule is CC1CC(NC(=O)CSc2nc3ccccc3nc2N2CCCC2)C1. The van der Waals surface area contributed by atoms with Gasteiger partial charge in [0.05, 0.1) is 16.8 Å². The lowest BCUT2D eigenvalue weighted by Gasteiger charge is -2.33. The second kappa shape index (κ2) is 7.20. The Hall–Kier alpha value is -1.82. The Balaban J connectivity index is 1.50. The van der Waals surface area contributed by atoms with Crippen LogP contribution < -0.4 is 10.2 Å². The molecule has 1 aliphatic heterocycles. The third-order valence-corrected chi connectivity index (χ3v) is 5.96. The summed E-state index contributed by atoms with van der Waals surface area (Å²) in [5, 5.41) is 3.99. The van der Waals surface area contributed by atoms with Crippen LogP contribution in [0.25, 0.3) is 11.0 Å². The van der Waals surface area contributed by atoms with Gasteiger partial charge in [-0.05, 0) is 43.7 Å². The maximum Gasteiger partial charge on any atom is 0.230 e. The van der Waals surface area contributed by atoms with E-state index in [0.29, 0.717) is 11.8 Å². The molecule has 25 heavy (non-hydrogen) atoms. The fraction of sp³-hybridized carbons (Fsp3) is 0.526. The first kappa shape index (κ1) is 16.6. The highest BCUT2D eigenvalue weighted by Crippen LogP contribution is 2.31. The Morgan fingerprint density at radius 2 is 1.88 bits per heavy atom. The van der Waals surface area contributed by atoms with Crippen molar-refractivity contribution in [2.24, 2.45) is 5.92 Å². The van der Waals surface area contributed by atoms with Crippen LogP contribution in [0.4, 0.5) is 5.82 Å². The van der Waals surface area contributed by atoms with Crippen molar-refractivity contribution in [1.82, 2.24) is 15.3 Å². The van der Waals surface area contributed by atoms with Crippen LogP contribution in [0.1, 0.15) is 32.6 Å². The first-order valence-electron chi connectivity index (χ1n) is 9.13. The summed E-state index contributed by atoms with van der Waals surface area (Å²) in [5.41, 5.74) is 1.81. The highest BCUT2D eigenvalue weighted by Gasteiger charge is 2.27. The van der Waals surface area contributed by atoms with E-state index in [4.69, 9.17) is 9.97 Å². The van der Waals surface area contributed by atoms with Crippen LogP contribution in [0.15, 0.2) is 29.3 Å². The predicted molar refractivity (Wildman–Crippen MR) is 102 cm³/mol. The number of hydrogen-bond donors (Lipinski definition) is 1. The maximum absolute atomic E-state index is 12.2. The third kappa shape index (κ3) is 3.73. The average Bonchev–Trinajstić information content (AvgIpc) is 3.12. The smallest absolute Gasteiger partial charge is 0.230 e. The molecule has 0 bridgehead atoms. The molecule has 1 N–H and O–H groups in total. The minimum Gasteiger partial charge on any atom is -0.354 e. The summed E-state index contributed by atoms with van der Waals surface area (Å²) in [7, 11) is 0. The quantitative estimate of drug-likeness (QED) is 0.834. The Labute approximate surface area is 152 Å². The Morgan fingerprint density at radius 3 is 2.56 bits per heavy atom. The molecule has 1 saturated heterocycles. The van der Waals surface area contributed by atoms with Crippen LogP contribution in [-0.4, -0.2) is 40.8 Å². The number of para-hydroxylation sites is 2. The third-order valence-electron chi connectivity index (χ3n) is 5.01. The number of nitrogens with zero attached hydrogens (tertiary/aromatic N) is 3. The molecule has 132 valence electrons. The zero-order valence-corrected chi connectivity index (χ0v) is 15.4. The van der Waals surface area contributed by atoms with Gasteiger partial charge in [0.15, 0.2) is 5.82 Å².